The molecule has 0 aliphatic heterocycles. The lowest BCUT2D eigenvalue weighted by Gasteiger charge is -2.06. The molecule has 21 heavy (non-hydrogen) atoms. The third-order valence-electron chi connectivity index (χ3n) is 2.53. The molecule has 2 rings (SSSR count). The van der Waals surface area contributed by atoms with E-state index in [2.05, 4.69) is 26.5 Å². The Balaban J connectivity index is 2.15. The second-order valence-electron chi connectivity index (χ2n) is 3.98. The van der Waals surface area contributed by atoms with Crippen molar-refractivity contribution in [3.8, 4) is 11.8 Å². The van der Waals surface area contributed by atoms with Crippen molar-refractivity contribution in [2.45, 2.75) is 0 Å². The van der Waals surface area contributed by atoms with Gasteiger partial charge in [-0.2, -0.15) is 10.4 Å². The van der Waals surface area contributed by atoms with E-state index in [1.807, 2.05) is 36.4 Å². The summed E-state index contributed by atoms with van der Waals surface area (Å²) in [5.41, 5.74) is 4.33. The van der Waals surface area contributed by atoms with E-state index in [0.29, 0.717) is 16.5 Å². The minimum atomic E-state index is -0.0135. The van der Waals surface area contributed by atoms with Gasteiger partial charge >= 0.3 is 0 Å². The van der Waals surface area contributed by atoms with E-state index in [-0.39, 0.29) is 6.61 Å². The first kappa shape index (κ1) is 15.4. The molecule has 0 aromatic heterocycles. The van der Waals surface area contributed by atoms with Gasteiger partial charge in [-0.15, -0.1) is 0 Å². The molecule has 4 nitrogen and oxygen atoms in total. The van der Waals surface area contributed by atoms with Gasteiger partial charge in [0.1, 0.15) is 11.8 Å². The summed E-state index contributed by atoms with van der Waals surface area (Å²) in [5, 5.41) is 13.3. The maximum atomic E-state index is 8.58. The van der Waals surface area contributed by atoms with Crippen LogP contribution in [0.15, 0.2) is 52.0 Å². The fourth-order valence-electron chi connectivity index (χ4n) is 1.58. The SMILES string of the molecule is N#CCOc1ccc(Br)cc1C=NNc1ccccc1Cl. The summed E-state index contributed by atoms with van der Waals surface area (Å²) in [5.74, 6) is 0.587. The van der Waals surface area contributed by atoms with Crippen LogP contribution in [0.5, 0.6) is 5.75 Å². The molecule has 1 N–H and O–H groups in total. The zero-order chi connectivity index (χ0) is 15.1. The van der Waals surface area contributed by atoms with Crippen LogP contribution >= 0.6 is 27.5 Å². The van der Waals surface area contributed by atoms with Crippen molar-refractivity contribution in [3.05, 3.63) is 57.5 Å². The van der Waals surface area contributed by atoms with Crippen molar-refractivity contribution in [1.82, 2.24) is 0 Å². The van der Waals surface area contributed by atoms with E-state index in [4.69, 9.17) is 21.6 Å². The molecule has 6 heteroatoms. The van der Waals surface area contributed by atoms with Crippen molar-refractivity contribution in [2.24, 2.45) is 5.10 Å². The molecule has 2 aromatic carbocycles. The summed E-state index contributed by atoms with van der Waals surface area (Å²) in [6, 6.07) is 14.7. The number of hydrazone groups is 1. The predicted molar refractivity (Wildman–Crippen MR) is 87.9 cm³/mol. The number of nitrogens with zero attached hydrogens (tertiary/aromatic N) is 2. The summed E-state index contributed by atoms with van der Waals surface area (Å²) < 4.78 is 6.24. The number of anilines is 1. The van der Waals surface area contributed by atoms with Crippen LogP contribution in [-0.4, -0.2) is 12.8 Å². The Hall–Kier alpha value is -2.03. The molecule has 0 spiro atoms. The van der Waals surface area contributed by atoms with E-state index < -0.39 is 0 Å². The maximum Gasteiger partial charge on any atom is 0.174 e. The first-order valence-electron chi connectivity index (χ1n) is 6.03. The van der Waals surface area contributed by atoms with Crippen LogP contribution in [0, 0.1) is 11.3 Å². The van der Waals surface area contributed by atoms with E-state index in [9.17, 15) is 0 Å². The Morgan fingerprint density at radius 3 is 2.90 bits per heavy atom. The smallest absolute Gasteiger partial charge is 0.174 e. The predicted octanol–water partition coefficient (Wildman–Crippen LogP) is 4.45. The van der Waals surface area contributed by atoms with Crippen molar-refractivity contribution in [1.29, 1.82) is 5.26 Å². The number of halogens is 2. The zero-order valence-corrected chi connectivity index (χ0v) is 13.2. The highest BCUT2D eigenvalue weighted by molar-refractivity contribution is 9.10. The highest BCUT2D eigenvalue weighted by atomic mass is 79.9. The Morgan fingerprint density at radius 1 is 1.33 bits per heavy atom. The summed E-state index contributed by atoms with van der Waals surface area (Å²) in [6.07, 6.45) is 1.61. The van der Waals surface area contributed by atoms with Gasteiger partial charge in [0.05, 0.1) is 16.9 Å². The number of hydrogen-bond donors (Lipinski definition) is 1. The molecule has 0 fully saturated rings. The van der Waals surface area contributed by atoms with Crippen molar-refractivity contribution < 1.29 is 4.74 Å². The molecule has 106 valence electrons. The normalized spacial score (nSPS) is 10.3. The van der Waals surface area contributed by atoms with E-state index in [1.165, 1.54) is 0 Å². The van der Waals surface area contributed by atoms with Gasteiger partial charge in [0.15, 0.2) is 6.61 Å². The lowest BCUT2D eigenvalue weighted by Crippen LogP contribution is -1.98. The third-order valence-corrected chi connectivity index (χ3v) is 3.35. The lowest BCUT2D eigenvalue weighted by molar-refractivity contribution is 0.367. The molecule has 0 aliphatic rings. The summed E-state index contributed by atoms with van der Waals surface area (Å²) >= 11 is 9.42. The minimum absolute atomic E-state index is 0.0135. The Kier molecular flexibility index (Phi) is 5.61. The lowest BCUT2D eigenvalue weighted by atomic mass is 10.2. The van der Waals surface area contributed by atoms with Crippen LogP contribution < -0.4 is 10.2 Å². The van der Waals surface area contributed by atoms with Crippen molar-refractivity contribution in [3.63, 3.8) is 0 Å². The Morgan fingerprint density at radius 2 is 2.14 bits per heavy atom. The standard InChI is InChI=1S/C15H11BrClN3O/c16-12-5-6-15(21-8-7-18)11(9-12)10-19-20-14-4-2-1-3-13(14)17/h1-6,9-10,20H,8H2. The van der Waals surface area contributed by atoms with Gasteiger partial charge in [-0.05, 0) is 30.3 Å². The van der Waals surface area contributed by atoms with Gasteiger partial charge in [0, 0.05) is 10.0 Å². The molecule has 0 atom stereocenters. The van der Waals surface area contributed by atoms with Crippen LogP contribution in [-0.2, 0) is 0 Å². The van der Waals surface area contributed by atoms with Crippen LogP contribution in [0.2, 0.25) is 5.02 Å². The fraction of sp³-hybridized carbons (Fsp3) is 0.0667. The molecule has 0 bridgehead atoms. The average Bonchev–Trinajstić information content (AvgIpc) is 2.48. The van der Waals surface area contributed by atoms with E-state index >= 15 is 0 Å². The number of ether oxygens (including phenoxy) is 1. The summed E-state index contributed by atoms with van der Waals surface area (Å²) in [6.45, 7) is -0.0135. The monoisotopic (exact) mass is 363 g/mol. The number of benzene rings is 2. The number of para-hydroxylation sites is 1. The van der Waals surface area contributed by atoms with E-state index in [0.717, 1.165) is 10.0 Å². The number of rotatable bonds is 5. The molecule has 0 saturated carbocycles. The van der Waals surface area contributed by atoms with Gasteiger partial charge in [0.2, 0.25) is 0 Å². The zero-order valence-electron chi connectivity index (χ0n) is 10.9. The van der Waals surface area contributed by atoms with Crippen LogP contribution in [0.4, 0.5) is 5.69 Å². The Bertz CT molecular complexity index is 698. The van der Waals surface area contributed by atoms with Crippen molar-refractivity contribution in [2.75, 3.05) is 12.0 Å². The highest BCUT2D eigenvalue weighted by Crippen LogP contribution is 2.23. The average molecular weight is 365 g/mol. The molecule has 0 saturated heterocycles. The molecule has 0 aliphatic carbocycles. The van der Waals surface area contributed by atoms with Gasteiger partial charge in [-0.3, -0.25) is 5.43 Å². The molecule has 2 aromatic rings. The van der Waals surface area contributed by atoms with Gasteiger partial charge in [0.25, 0.3) is 0 Å². The first-order chi connectivity index (χ1) is 10.2. The first-order valence-corrected chi connectivity index (χ1v) is 7.20. The second-order valence-corrected chi connectivity index (χ2v) is 5.30. The molecule has 0 amide bonds. The van der Waals surface area contributed by atoms with Crippen LogP contribution in [0.3, 0.4) is 0 Å². The fourth-order valence-corrected chi connectivity index (χ4v) is 2.14. The maximum absolute atomic E-state index is 8.58. The largest absolute Gasteiger partial charge is 0.478 e. The summed E-state index contributed by atoms with van der Waals surface area (Å²) in [7, 11) is 0. The van der Waals surface area contributed by atoms with Crippen LogP contribution in [0.1, 0.15) is 5.56 Å². The quantitative estimate of drug-likeness (QED) is 0.630. The highest BCUT2D eigenvalue weighted by Gasteiger charge is 2.03. The molecular weight excluding hydrogens is 354 g/mol. The van der Waals surface area contributed by atoms with Gasteiger partial charge < -0.3 is 4.74 Å². The van der Waals surface area contributed by atoms with Crippen LogP contribution in [0.25, 0.3) is 0 Å². The number of hydrogen-bond acceptors (Lipinski definition) is 4. The second kappa shape index (κ2) is 7.67. The summed E-state index contributed by atoms with van der Waals surface area (Å²) in [4.78, 5) is 0. The minimum Gasteiger partial charge on any atom is -0.478 e. The molecule has 0 unspecified atom stereocenters. The van der Waals surface area contributed by atoms with Gasteiger partial charge in [-0.1, -0.05) is 39.7 Å². The number of nitriles is 1. The van der Waals surface area contributed by atoms with Crippen molar-refractivity contribution >= 4 is 39.4 Å². The van der Waals surface area contributed by atoms with Gasteiger partial charge in [-0.25, -0.2) is 0 Å². The molecule has 0 radical (unpaired) electrons. The molecule has 0 heterocycles. The number of nitrogens with one attached hydrogen (secondary N) is 1. The molecular formula is C15H11BrClN3O. The van der Waals surface area contributed by atoms with E-state index in [1.54, 1.807) is 18.3 Å². The topological polar surface area (TPSA) is 57.4 Å². The Labute approximate surface area is 136 Å². The third kappa shape index (κ3) is 4.48.